The van der Waals surface area contributed by atoms with Gasteiger partial charge in [-0.15, -0.1) is 0 Å². The van der Waals surface area contributed by atoms with E-state index < -0.39 is 0 Å². The summed E-state index contributed by atoms with van der Waals surface area (Å²) >= 11 is 0. The van der Waals surface area contributed by atoms with Crippen molar-refractivity contribution >= 4 is 5.69 Å². The fourth-order valence-electron chi connectivity index (χ4n) is 1.03. The summed E-state index contributed by atoms with van der Waals surface area (Å²) in [6.07, 6.45) is 3.43. The molecule has 2 N–H and O–H groups in total. The predicted molar refractivity (Wildman–Crippen MR) is 53.5 cm³/mol. The smallest absolute Gasteiger partial charge is 0.0703 e. The minimum absolute atomic E-state index is 0.0585. The maximum atomic E-state index is 9.02. The molecule has 3 nitrogen and oxygen atoms in total. The number of hydrogen-bond acceptors (Lipinski definition) is 3. The second-order valence-corrected chi connectivity index (χ2v) is 3.47. The van der Waals surface area contributed by atoms with Crippen LogP contribution in [-0.2, 0) is 6.61 Å². The van der Waals surface area contributed by atoms with Crippen LogP contribution in [0.15, 0.2) is 18.5 Å². The molecule has 0 aliphatic heterocycles. The van der Waals surface area contributed by atoms with Gasteiger partial charge in [0.2, 0.25) is 0 Å². The van der Waals surface area contributed by atoms with Gasteiger partial charge in [-0.2, -0.15) is 0 Å². The molecule has 1 aromatic heterocycles. The summed E-state index contributed by atoms with van der Waals surface area (Å²) in [6.45, 7) is 5.24. The van der Waals surface area contributed by atoms with Crippen molar-refractivity contribution < 1.29 is 5.11 Å². The van der Waals surface area contributed by atoms with Gasteiger partial charge in [0.05, 0.1) is 18.5 Å². The van der Waals surface area contributed by atoms with E-state index in [9.17, 15) is 0 Å². The highest BCUT2D eigenvalue weighted by atomic mass is 16.3. The van der Waals surface area contributed by atoms with E-state index in [-0.39, 0.29) is 6.61 Å². The number of aromatic nitrogens is 1. The Morgan fingerprint density at radius 1 is 1.54 bits per heavy atom. The van der Waals surface area contributed by atoms with Crippen LogP contribution in [0.1, 0.15) is 19.4 Å². The zero-order valence-corrected chi connectivity index (χ0v) is 8.12. The van der Waals surface area contributed by atoms with E-state index in [1.807, 2.05) is 6.07 Å². The molecule has 1 heterocycles. The summed E-state index contributed by atoms with van der Waals surface area (Å²) in [6, 6.07) is 1.82. The first-order valence-electron chi connectivity index (χ1n) is 4.51. The molecule has 0 saturated carbocycles. The van der Waals surface area contributed by atoms with Gasteiger partial charge in [0, 0.05) is 18.3 Å². The number of aliphatic hydroxyl groups excluding tert-OH is 1. The maximum Gasteiger partial charge on any atom is 0.0703 e. The van der Waals surface area contributed by atoms with E-state index in [2.05, 4.69) is 24.1 Å². The summed E-state index contributed by atoms with van der Waals surface area (Å²) in [4.78, 5) is 4.00. The average Bonchev–Trinajstić information content (AvgIpc) is 2.15. The molecule has 0 amide bonds. The molecule has 0 radical (unpaired) electrons. The predicted octanol–water partition coefficient (Wildman–Crippen LogP) is 1.64. The van der Waals surface area contributed by atoms with Gasteiger partial charge in [-0.25, -0.2) is 0 Å². The number of hydrogen-bond donors (Lipinski definition) is 2. The molecule has 0 fully saturated rings. The number of nitrogens with one attached hydrogen (secondary N) is 1. The molecular weight excluding hydrogens is 164 g/mol. The number of nitrogens with zero attached hydrogens (tertiary/aromatic N) is 1. The summed E-state index contributed by atoms with van der Waals surface area (Å²) in [5.41, 5.74) is 1.83. The molecule has 72 valence electrons. The van der Waals surface area contributed by atoms with Crippen LogP contribution in [0.25, 0.3) is 0 Å². The molecule has 0 atom stereocenters. The standard InChI is InChI=1S/C10H16N2O/c1-8(2)5-12-10-6-11-4-3-9(10)7-13/h3-4,6,8,12-13H,5,7H2,1-2H3. The van der Waals surface area contributed by atoms with Crippen LogP contribution in [0.2, 0.25) is 0 Å². The fourth-order valence-corrected chi connectivity index (χ4v) is 1.03. The lowest BCUT2D eigenvalue weighted by Gasteiger charge is -2.11. The van der Waals surface area contributed by atoms with Gasteiger partial charge in [0.1, 0.15) is 0 Å². The molecule has 0 unspecified atom stereocenters. The Kier molecular flexibility index (Phi) is 3.71. The first-order valence-corrected chi connectivity index (χ1v) is 4.51. The van der Waals surface area contributed by atoms with Crippen molar-refractivity contribution in [3.05, 3.63) is 24.0 Å². The van der Waals surface area contributed by atoms with Gasteiger partial charge in [0.25, 0.3) is 0 Å². The van der Waals surface area contributed by atoms with Crippen LogP contribution in [-0.4, -0.2) is 16.6 Å². The quantitative estimate of drug-likeness (QED) is 0.740. The number of aliphatic hydroxyl groups is 1. The van der Waals surface area contributed by atoms with Gasteiger partial charge in [-0.3, -0.25) is 4.98 Å². The van der Waals surface area contributed by atoms with Gasteiger partial charge >= 0.3 is 0 Å². The van der Waals surface area contributed by atoms with E-state index >= 15 is 0 Å². The SMILES string of the molecule is CC(C)CNc1cnccc1CO. The Hall–Kier alpha value is -1.09. The van der Waals surface area contributed by atoms with Crippen LogP contribution in [0.4, 0.5) is 5.69 Å². The van der Waals surface area contributed by atoms with E-state index in [1.54, 1.807) is 12.4 Å². The van der Waals surface area contributed by atoms with Gasteiger partial charge in [-0.05, 0) is 12.0 Å². The number of rotatable bonds is 4. The monoisotopic (exact) mass is 180 g/mol. The largest absolute Gasteiger partial charge is 0.392 e. The zero-order chi connectivity index (χ0) is 9.68. The fraction of sp³-hybridized carbons (Fsp3) is 0.500. The molecule has 0 bridgehead atoms. The molecule has 0 saturated heterocycles. The molecule has 1 rings (SSSR count). The third-order valence-corrected chi connectivity index (χ3v) is 1.78. The normalized spacial score (nSPS) is 10.5. The van der Waals surface area contributed by atoms with Crippen molar-refractivity contribution in [2.75, 3.05) is 11.9 Å². The van der Waals surface area contributed by atoms with E-state index in [4.69, 9.17) is 5.11 Å². The maximum absolute atomic E-state index is 9.02. The third-order valence-electron chi connectivity index (χ3n) is 1.78. The van der Waals surface area contributed by atoms with Gasteiger partial charge < -0.3 is 10.4 Å². The molecule has 0 spiro atoms. The second kappa shape index (κ2) is 4.82. The molecule has 0 aliphatic rings. The Labute approximate surface area is 78.8 Å². The Bertz CT molecular complexity index is 261. The highest BCUT2D eigenvalue weighted by molar-refractivity contribution is 5.48. The van der Waals surface area contributed by atoms with Gasteiger partial charge in [-0.1, -0.05) is 13.8 Å². The second-order valence-electron chi connectivity index (χ2n) is 3.47. The number of anilines is 1. The minimum Gasteiger partial charge on any atom is -0.392 e. The Morgan fingerprint density at radius 3 is 2.92 bits per heavy atom. The summed E-state index contributed by atoms with van der Waals surface area (Å²) in [5.74, 6) is 0.590. The summed E-state index contributed by atoms with van der Waals surface area (Å²) in [7, 11) is 0. The highest BCUT2D eigenvalue weighted by Gasteiger charge is 2.00. The topological polar surface area (TPSA) is 45.2 Å². The first-order chi connectivity index (χ1) is 6.24. The van der Waals surface area contributed by atoms with Crippen molar-refractivity contribution in [2.45, 2.75) is 20.5 Å². The highest BCUT2D eigenvalue weighted by Crippen LogP contribution is 2.13. The van der Waals surface area contributed by atoms with Crippen LogP contribution in [0, 0.1) is 5.92 Å². The van der Waals surface area contributed by atoms with Gasteiger partial charge in [0.15, 0.2) is 0 Å². The van der Waals surface area contributed by atoms with Crippen LogP contribution < -0.4 is 5.32 Å². The van der Waals surface area contributed by atoms with E-state index in [0.717, 1.165) is 17.8 Å². The third kappa shape index (κ3) is 3.03. The molecule has 0 aromatic carbocycles. The molecule has 1 aromatic rings. The van der Waals surface area contributed by atoms with Crippen molar-refractivity contribution in [1.29, 1.82) is 0 Å². The molecule has 0 aliphatic carbocycles. The Morgan fingerprint density at radius 2 is 2.31 bits per heavy atom. The van der Waals surface area contributed by atoms with Crippen LogP contribution >= 0.6 is 0 Å². The summed E-state index contributed by atoms with van der Waals surface area (Å²) < 4.78 is 0. The van der Waals surface area contributed by atoms with Crippen molar-refractivity contribution in [1.82, 2.24) is 4.98 Å². The Balaban J connectivity index is 2.64. The van der Waals surface area contributed by atoms with Crippen LogP contribution in [0.3, 0.4) is 0 Å². The lowest BCUT2D eigenvalue weighted by Crippen LogP contribution is -2.09. The molecule has 13 heavy (non-hydrogen) atoms. The lowest BCUT2D eigenvalue weighted by atomic mass is 10.2. The lowest BCUT2D eigenvalue weighted by molar-refractivity contribution is 0.282. The molecule has 3 heteroatoms. The van der Waals surface area contributed by atoms with Crippen molar-refractivity contribution in [3.8, 4) is 0 Å². The number of pyridine rings is 1. The van der Waals surface area contributed by atoms with E-state index in [1.165, 1.54) is 0 Å². The first kappa shape index (κ1) is 9.99. The van der Waals surface area contributed by atoms with Crippen LogP contribution in [0.5, 0.6) is 0 Å². The van der Waals surface area contributed by atoms with Crippen molar-refractivity contribution in [3.63, 3.8) is 0 Å². The minimum atomic E-state index is 0.0585. The van der Waals surface area contributed by atoms with E-state index in [0.29, 0.717) is 5.92 Å². The van der Waals surface area contributed by atoms with Crippen molar-refractivity contribution in [2.24, 2.45) is 5.92 Å². The molecular formula is C10H16N2O. The average molecular weight is 180 g/mol. The zero-order valence-electron chi connectivity index (χ0n) is 8.12. The summed E-state index contributed by atoms with van der Waals surface area (Å²) in [5, 5.41) is 12.3.